The van der Waals surface area contributed by atoms with Crippen LogP contribution in [-0.2, 0) is 24.2 Å². The second-order valence-corrected chi connectivity index (χ2v) is 6.15. The average molecular weight is 363 g/mol. The molecule has 3 aromatic rings. The minimum Gasteiger partial charge on any atom is -0.497 e. The van der Waals surface area contributed by atoms with Crippen molar-refractivity contribution in [2.75, 3.05) is 7.11 Å². The Labute approximate surface area is 157 Å². The van der Waals surface area contributed by atoms with Gasteiger partial charge in [0.15, 0.2) is 0 Å². The first-order valence-corrected chi connectivity index (χ1v) is 8.65. The van der Waals surface area contributed by atoms with E-state index in [4.69, 9.17) is 4.74 Å². The van der Waals surface area contributed by atoms with Gasteiger partial charge in [0.05, 0.1) is 19.2 Å². The monoisotopic (exact) mass is 363 g/mol. The molecule has 6 nitrogen and oxygen atoms in total. The fourth-order valence-electron chi connectivity index (χ4n) is 2.70. The minimum atomic E-state index is -0.264. The highest BCUT2D eigenvalue weighted by atomic mass is 16.5. The molecule has 2 aromatic carbocycles. The maximum Gasteiger partial charge on any atom is 0.251 e. The van der Waals surface area contributed by atoms with E-state index in [2.05, 4.69) is 15.3 Å². The lowest BCUT2D eigenvalue weighted by Crippen LogP contribution is -2.26. The van der Waals surface area contributed by atoms with Gasteiger partial charge in [0, 0.05) is 19.0 Å². The van der Waals surface area contributed by atoms with E-state index in [-0.39, 0.29) is 17.9 Å². The van der Waals surface area contributed by atoms with E-state index in [9.17, 15) is 9.59 Å². The highest BCUT2D eigenvalue weighted by Gasteiger charge is 2.08. The van der Waals surface area contributed by atoms with Crippen LogP contribution < -0.4 is 15.6 Å². The van der Waals surface area contributed by atoms with E-state index in [1.54, 1.807) is 7.11 Å². The molecule has 0 spiro atoms. The second kappa shape index (κ2) is 8.80. The van der Waals surface area contributed by atoms with E-state index in [0.29, 0.717) is 24.5 Å². The van der Waals surface area contributed by atoms with Gasteiger partial charge in [-0.15, -0.1) is 0 Å². The smallest absolute Gasteiger partial charge is 0.251 e. The Kier molecular flexibility index (Phi) is 5.99. The van der Waals surface area contributed by atoms with Crippen molar-refractivity contribution in [3.63, 3.8) is 0 Å². The number of H-pyrrole nitrogens is 1. The van der Waals surface area contributed by atoms with Crippen LogP contribution in [0.4, 0.5) is 0 Å². The maximum atomic E-state index is 12.2. The van der Waals surface area contributed by atoms with Gasteiger partial charge in [-0.2, -0.15) is 0 Å². The molecule has 138 valence electrons. The van der Waals surface area contributed by atoms with Crippen molar-refractivity contribution in [3.8, 4) is 5.75 Å². The zero-order valence-electron chi connectivity index (χ0n) is 15.1. The fourth-order valence-corrected chi connectivity index (χ4v) is 2.70. The number of benzene rings is 2. The van der Waals surface area contributed by atoms with Crippen LogP contribution in [0.25, 0.3) is 0 Å². The van der Waals surface area contributed by atoms with Gasteiger partial charge in [-0.05, 0) is 23.3 Å². The molecule has 2 N–H and O–H groups in total. The molecule has 6 heteroatoms. The Morgan fingerprint density at radius 2 is 1.81 bits per heavy atom. The number of carbonyl (C=O) groups is 1. The third kappa shape index (κ3) is 5.54. The van der Waals surface area contributed by atoms with Gasteiger partial charge < -0.3 is 15.0 Å². The molecule has 0 fully saturated rings. The largest absolute Gasteiger partial charge is 0.497 e. The van der Waals surface area contributed by atoms with Gasteiger partial charge in [0.25, 0.3) is 5.56 Å². The Morgan fingerprint density at radius 3 is 2.52 bits per heavy atom. The number of carbonyl (C=O) groups excluding carboxylic acids is 1. The Morgan fingerprint density at radius 1 is 1.07 bits per heavy atom. The van der Waals surface area contributed by atoms with Crippen LogP contribution in [0.2, 0.25) is 0 Å². The van der Waals surface area contributed by atoms with E-state index >= 15 is 0 Å². The zero-order chi connectivity index (χ0) is 19.1. The lowest BCUT2D eigenvalue weighted by Gasteiger charge is -2.07. The number of amides is 1. The number of hydrogen-bond donors (Lipinski definition) is 2. The minimum absolute atomic E-state index is 0.0619. The van der Waals surface area contributed by atoms with E-state index in [1.807, 2.05) is 54.6 Å². The third-order valence-corrected chi connectivity index (χ3v) is 4.05. The lowest BCUT2D eigenvalue weighted by atomic mass is 10.1. The van der Waals surface area contributed by atoms with Crippen LogP contribution in [0.15, 0.2) is 65.5 Å². The normalized spacial score (nSPS) is 10.4. The number of ether oxygens (including phenoxy) is 1. The number of methoxy groups -OCH3 is 1. The number of nitrogens with zero attached hydrogens (tertiary/aromatic N) is 1. The van der Waals surface area contributed by atoms with Crippen molar-refractivity contribution in [2.45, 2.75) is 19.4 Å². The molecular formula is C21H21N3O3. The van der Waals surface area contributed by atoms with Crippen LogP contribution >= 0.6 is 0 Å². The SMILES string of the molecule is COc1ccc(Cc2nc(CC(=O)NCc3ccccc3)cc(=O)[nH]2)cc1. The Hall–Kier alpha value is -3.41. The summed E-state index contributed by atoms with van der Waals surface area (Å²) in [7, 11) is 1.61. The van der Waals surface area contributed by atoms with E-state index in [0.717, 1.165) is 16.9 Å². The highest BCUT2D eigenvalue weighted by Crippen LogP contribution is 2.13. The van der Waals surface area contributed by atoms with Crippen LogP contribution in [0.5, 0.6) is 5.75 Å². The summed E-state index contributed by atoms with van der Waals surface area (Å²) in [4.78, 5) is 31.2. The maximum absolute atomic E-state index is 12.2. The molecule has 0 unspecified atom stereocenters. The zero-order valence-corrected chi connectivity index (χ0v) is 15.1. The summed E-state index contributed by atoms with van der Waals surface area (Å²) in [6.45, 7) is 0.446. The first kappa shape index (κ1) is 18.4. The van der Waals surface area contributed by atoms with Crippen LogP contribution in [0.3, 0.4) is 0 Å². The third-order valence-electron chi connectivity index (χ3n) is 4.05. The molecule has 0 radical (unpaired) electrons. The molecule has 1 aromatic heterocycles. The molecule has 1 heterocycles. The predicted octanol–water partition coefficient (Wildman–Crippen LogP) is 2.23. The molecule has 0 atom stereocenters. The van der Waals surface area contributed by atoms with Crippen molar-refractivity contribution in [1.82, 2.24) is 15.3 Å². The van der Waals surface area contributed by atoms with Gasteiger partial charge in [-0.3, -0.25) is 9.59 Å². The summed E-state index contributed by atoms with van der Waals surface area (Å²) in [5.41, 5.74) is 2.20. The van der Waals surface area contributed by atoms with Crippen molar-refractivity contribution < 1.29 is 9.53 Å². The van der Waals surface area contributed by atoms with Crippen molar-refractivity contribution in [3.05, 3.63) is 93.7 Å². The first-order chi connectivity index (χ1) is 13.1. The quantitative estimate of drug-likeness (QED) is 0.674. The predicted molar refractivity (Wildman–Crippen MR) is 103 cm³/mol. The summed E-state index contributed by atoms with van der Waals surface area (Å²) in [5.74, 6) is 1.12. The highest BCUT2D eigenvalue weighted by molar-refractivity contribution is 5.78. The molecule has 0 aliphatic carbocycles. The van der Waals surface area contributed by atoms with Crippen molar-refractivity contribution in [2.24, 2.45) is 0 Å². The van der Waals surface area contributed by atoms with Crippen LogP contribution in [0.1, 0.15) is 22.6 Å². The van der Waals surface area contributed by atoms with Crippen molar-refractivity contribution in [1.29, 1.82) is 0 Å². The molecule has 1 amide bonds. The molecule has 0 saturated carbocycles. The number of aromatic amines is 1. The Balaban J connectivity index is 1.63. The average Bonchev–Trinajstić information content (AvgIpc) is 2.67. The van der Waals surface area contributed by atoms with Crippen LogP contribution in [0, 0.1) is 0 Å². The summed E-state index contributed by atoms with van der Waals surface area (Å²) in [6.07, 6.45) is 0.533. The summed E-state index contributed by atoms with van der Waals surface area (Å²) in [5, 5.41) is 2.84. The van der Waals surface area contributed by atoms with Crippen molar-refractivity contribution >= 4 is 5.91 Å². The standard InChI is InChI=1S/C21H21N3O3/c1-27-18-9-7-15(8-10-18)11-19-23-17(13-21(26)24-19)12-20(25)22-14-16-5-3-2-4-6-16/h2-10,13H,11-12,14H2,1H3,(H,22,25)(H,23,24,26). The van der Waals surface area contributed by atoms with Gasteiger partial charge in [0.2, 0.25) is 5.91 Å². The second-order valence-electron chi connectivity index (χ2n) is 6.15. The summed E-state index contributed by atoms with van der Waals surface area (Å²) in [6, 6.07) is 18.6. The topological polar surface area (TPSA) is 84.1 Å². The molecule has 3 rings (SSSR count). The lowest BCUT2D eigenvalue weighted by molar-refractivity contribution is -0.120. The first-order valence-electron chi connectivity index (χ1n) is 8.65. The van der Waals surface area contributed by atoms with Gasteiger partial charge in [0.1, 0.15) is 11.6 Å². The summed E-state index contributed by atoms with van der Waals surface area (Å²) >= 11 is 0. The number of hydrogen-bond acceptors (Lipinski definition) is 4. The Bertz CT molecular complexity index is 950. The molecule has 0 bridgehead atoms. The van der Waals surface area contributed by atoms with E-state index in [1.165, 1.54) is 6.07 Å². The van der Waals surface area contributed by atoms with E-state index < -0.39 is 0 Å². The van der Waals surface area contributed by atoms with Gasteiger partial charge >= 0.3 is 0 Å². The number of rotatable bonds is 7. The van der Waals surface area contributed by atoms with Crippen LogP contribution in [-0.4, -0.2) is 23.0 Å². The molecule has 0 aliphatic rings. The molecular weight excluding hydrogens is 342 g/mol. The summed E-state index contributed by atoms with van der Waals surface area (Å²) < 4.78 is 5.14. The molecule has 0 saturated heterocycles. The molecule has 0 aliphatic heterocycles. The molecule has 27 heavy (non-hydrogen) atoms. The van der Waals surface area contributed by atoms with Gasteiger partial charge in [-0.1, -0.05) is 42.5 Å². The number of aromatic nitrogens is 2. The fraction of sp³-hybridized carbons (Fsp3) is 0.190. The van der Waals surface area contributed by atoms with Gasteiger partial charge in [-0.25, -0.2) is 4.98 Å². The number of nitrogens with one attached hydrogen (secondary N) is 2.